The van der Waals surface area contributed by atoms with Crippen LogP contribution in [0.3, 0.4) is 0 Å². The molecule has 0 bridgehead atoms. The first-order valence-corrected chi connectivity index (χ1v) is 7.20. The van der Waals surface area contributed by atoms with E-state index >= 15 is 0 Å². The number of benzene rings is 1. The highest BCUT2D eigenvalue weighted by Gasteiger charge is 2.28. The van der Waals surface area contributed by atoms with Gasteiger partial charge in [0, 0.05) is 5.39 Å². The van der Waals surface area contributed by atoms with E-state index in [4.69, 9.17) is 4.42 Å². The van der Waals surface area contributed by atoms with Gasteiger partial charge in [-0.3, -0.25) is 0 Å². The number of hydrogen-bond acceptors (Lipinski definition) is 2. The highest BCUT2D eigenvalue weighted by molar-refractivity contribution is 5.78. The number of fused-ring (bicyclic) bond motifs is 1. The van der Waals surface area contributed by atoms with Crippen molar-refractivity contribution < 1.29 is 8.81 Å². The Morgan fingerprint density at radius 3 is 2.84 bits per heavy atom. The van der Waals surface area contributed by atoms with Gasteiger partial charge in [0.25, 0.3) is 0 Å². The van der Waals surface area contributed by atoms with Crippen LogP contribution in [0.4, 0.5) is 4.39 Å². The molecule has 1 aliphatic rings. The molecule has 1 aromatic heterocycles. The van der Waals surface area contributed by atoms with Gasteiger partial charge in [-0.15, -0.1) is 0 Å². The van der Waals surface area contributed by atoms with E-state index in [-0.39, 0.29) is 11.9 Å². The van der Waals surface area contributed by atoms with Gasteiger partial charge < -0.3 is 9.73 Å². The largest absolute Gasteiger partial charge is 0.459 e. The monoisotopic (exact) mass is 261 g/mol. The maximum atomic E-state index is 13.2. The van der Waals surface area contributed by atoms with Crippen molar-refractivity contribution >= 4 is 11.0 Å². The molecule has 2 aromatic rings. The van der Waals surface area contributed by atoms with Gasteiger partial charge in [0.1, 0.15) is 17.2 Å². The van der Waals surface area contributed by atoms with Crippen LogP contribution < -0.4 is 5.32 Å². The van der Waals surface area contributed by atoms with Gasteiger partial charge in [-0.1, -0.05) is 19.8 Å². The Morgan fingerprint density at radius 1 is 1.32 bits per heavy atom. The number of rotatable bonds is 4. The molecule has 2 nitrogen and oxygen atoms in total. The minimum Gasteiger partial charge on any atom is -0.459 e. The zero-order chi connectivity index (χ0) is 13.2. The molecule has 1 aliphatic carbocycles. The predicted molar refractivity (Wildman–Crippen MR) is 74.5 cm³/mol. The summed E-state index contributed by atoms with van der Waals surface area (Å²) in [6.45, 7) is 3.04. The van der Waals surface area contributed by atoms with Crippen LogP contribution in [-0.4, -0.2) is 6.54 Å². The first-order chi connectivity index (χ1) is 9.28. The summed E-state index contributed by atoms with van der Waals surface area (Å²) in [6, 6.07) is 6.96. The van der Waals surface area contributed by atoms with Crippen molar-refractivity contribution in [2.24, 2.45) is 5.92 Å². The fourth-order valence-electron chi connectivity index (χ4n) is 3.20. The van der Waals surface area contributed by atoms with Crippen LogP contribution in [-0.2, 0) is 0 Å². The average molecular weight is 261 g/mol. The van der Waals surface area contributed by atoms with E-state index in [2.05, 4.69) is 12.2 Å². The van der Waals surface area contributed by atoms with E-state index in [1.54, 1.807) is 12.1 Å². The number of nitrogens with one attached hydrogen (secondary N) is 1. The average Bonchev–Trinajstić information content (AvgIpc) is 3.04. The molecule has 1 saturated carbocycles. The van der Waals surface area contributed by atoms with E-state index in [0.29, 0.717) is 5.92 Å². The SMILES string of the molecule is CCNC(c1cc2cc(F)ccc2o1)C1CCCC1. The third-order valence-electron chi connectivity index (χ3n) is 4.10. The second-order valence-corrected chi connectivity index (χ2v) is 5.41. The maximum Gasteiger partial charge on any atom is 0.134 e. The standard InChI is InChI=1S/C16H20FNO/c1-2-18-16(11-5-3-4-6-11)15-10-12-9-13(17)7-8-14(12)19-15/h7-11,16,18H,2-6H2,1H3. The molecule has 0 saturated heterocycles. The van der Waals surface area contributed by atoms with Gasteiger partial charge in [-0.05, 0) is 49.6 Å². The lowest BCUT2D eigenvalue weighted by molar-refractivity contribution is 0.324. The lowest BCUT2D eigenvalue weighted by Gasteiger charge is -2.22. The fourth-order valence-corrected chi connectivity index (χ4v) is 3.20. The molecular weight excluding hydrogens is 241 g/mol. The lowest BCUT2D eigenvalue weighted by atomic mass is 9.96. The lowest BCUT2D eigenvalue weighted by Crippen LogP contribution is -2.26. The summed E-state index contributed by atoms with van der Waals surface area (Å²) >= 11 is 0. The third kappa shape index (κ3) is 2.52. The van der Waals surface area contributed by atoms with Crippen LogP contribution in [0, 0.1) is 11.7 Å². The van der Waals surface area contributed by atoms with E-state index in [1.807, 2.05) is 6.07 Å². The highest BCUT2D eigenvalue weighted by atomic mass is 19.1. The van der Waals surface area contributed by atoms with Crippen LogP contribution in [0.15, 0.2) is 28.7 Å². The highest BCUT2D eigenvalue weighted by Crippen LogP contribution is 2.37. The van der Waals surface area contributed by atoms with Crippen LogP contribution in [0.25, 0.3) is 11.0 Å². The molecule has 3 heteroatoms. The van der Waals surface area contributed by atoms with Gasteiger partial charge in [0.2, 0.25) is 0 Å². The summed E-state index contributed by atoms with van der Waals surface area (Å²) < 4.78 is 19.2. The molecule has 1 unspecified atom stereocenters. The quantitative estimate of drug-likeness (QED) is 0.881. The number of halogens is 1. The van der Waals surface area contributed by atoms with Crippen LogP contribution in [0.1, 0.15) is 44.4 Å². The molecule has 1 fully saturated rings. The van der Waals surface area contributed by atoms with Crippen molar-refractivity contribution in [1.29, 1.82) is 0 Å². The van der Waals surface area contributed by atoms with Crippen molar-refractivity contribution in [1.82, 2.24) is 5.32 Å². The Balaban J connectivity index is 1.94. The van der Waals surface area contributed by atoms with E-state index in [1.165, 1.54) is 31.7 Å². The van der Waals surface area contributed by atoms with Crippen LogP contribution >= 0.6 is 0 Å². The van der Waals surface area contributed by atoms with Crippen molar-refractivity contribution in [3.05, 3.63) is 35.8 Å². The molecule has 102 valence electrons. The second kappa shape index (κ2) is 5.33. The van der Waals surface area contributed by atoms with E-state index in [0.717, 1.165) is 23.3 Å². The summed E-state index contributed by atoms with van der Waals surface area (Å²) in [4.78, 5) is 0. The van der Waals surface area contributed by atoms with Crippen LogP contribution in [0.5, 0.6) is 0 Å². The normalized spacial score (nSPS) is 18.2. The second-order valence-electron chi connectivity index (χ2n) is 5.41. The Bertz CT molecular complexity index is 557. The molecule has 0 spiro atoms. The molecule has 1 heterocycles. The van der Waals surface area contributed by atoms with Crippen molar-refractivity contribution in [3.63, 3.8) is 0 Å². The molecule has 3 rings (SSSR count). The smallest absolute Gasteiger partial charge is 0.134 e. The Morgan fingerprint density at radius 2 is 2.11 bits per heavy atom. The van der Waals surface area contributed by atoms with Gasteiger partial charge >= 0.3 is 0 Å². The van der Waals surface area contributed by atoms with E-state index in [9.17, 15) is 4.39 Å². The molecule has 1 aromatic carbocycles. The molecule has 0 amide bonds. The summed E-state index contributed by atoms with van der Waals surface area (Å²) in [5.41, 5.74) is 0.775. The fraction of sp³-hybridized carbons (Fsp3) is 0.500. The minimum absolute atomic E-state index is 0.208. The summed E-state index contributed by atoms with van der Waals surface area (Å²) in [6.07, 6.45) is 5.12. The Kier molecular flexibility index (Phi) is 3.56. The summed E-state index contributed by atoms with van der Waals surface area (Å²) in [5.74, 6) is 1.39. The maximum absolute atomic E-state index is 13.2. The van der Waals surface area contributed by atoms with Crippen molar-refractivity contribution in [2.45, 2.75) is 38.6 Å². The minimum atomic E-state index is -0.208. The number of furan rings is 1. The first kappa shape index (κ1) is 12.7. The van der Waals surface area contributed by atoms with Gasteiger partial charge in [0.05, 0.1) is 6.04 Å². The third-order valence-corrected chi connectivity index (χ3v) is 4.10. The molecule has 19 heavy (non-hydrogen) atoms. The molecule has 0 radical (unpaired) electrons. The Labute approximate surface area is 113 Å². The van der Waals surface area contributed by atoms with Gasteiger partial charge in [-0.2, -0.15) is 0 Å². The molecule has 0 aliphatic heterocycles. The topological polar surface area (TPSA) is 25.2 Å². The van der Waals surface area contributed by atoms with Crippen molar-refractivity contribution in [3.8, 4) is 0 Å². The predicted octanol–water partition coefficient (Wildman–Crippen LogP) is 4.41. The molecular formula is C16H20FNO. The summed E-state index contributed by atoms with van der Waals surface area (Å²) in [7, 11) is 0. The molecule has 1 atom stereocenters. The number of hydrogen-bond donors (Lipinski definition) is 1. The molecule has 1 N–H and O–H groups in total. The first-order valence-electron chi connectivity index (χ1n) is 7.20. The van der Waals surface area contributed by atoms with Gasteiger partial charge in [0.15, 0.2) is 0 Å². The Hall–Kier alpha value is -1.35. The van der Waals surface area contributed by atoms with E-state index < -0.39 is 0 Å². The van der Waals surface area contributed by atoms with Gasteiger partial charge in [-0.25, -0.2) is 4.39 Å². The zero-order valence-electron chi connectivity index (χ0n) is 11.3. The van der Waals surface area contributed by atoms with Crippen molar-refractivity contribution in [2.75, 3.05) is 6.54 Å². The van der Waals surface area contributed by atoms with Crippen LogP contribution in [0.2, 0.25) is 0 Å². The summed E-state index contributed by atoms with van der Waals surface area (Å²) in [5, 5.41) is 4.39. The zero-order valence-corrected chi connectivity index (χ0v) is 11.3.